The van der Waals surface area contributed by atoms with Gasteiger partial charge in [-0.15, -0.1) is 11.3 Å². The van der Waals surface area contributed by atoms with E-state index in [0.29, 0.717) is 5.88 Å². The van der Waals surface area contributed by atoms with Crippen LogP contribution in [-0.2, 0) is 0 Å². The second-order valence-corrected chi connectivity index (χ2v) is 10.3. The number of pyridine rings is 2. The summed E-state index contributed by atoms with van der Waals surface area (Å²) in [6.07, 6.45) is 4.19. The minimum Gasteiger partial charge on any atom is -0.439 e. The van der Waals surface area contributed by atoms with Crippen molar-refractivity contribution in [3.63, 3.8) is 0 Å². The van der Waals surface area contributed by atoms with Crippen molar-refractivity contribution < 1.29 is 4.74 Å². The molecule has 0 fully saturated rings. The molecule has 0 saturated carbocycles. The SMILES string of the molecule is Cc1ccc2c(n1)sc1c(-c3cccc(Oc4cccc(N5C=CN(c6ccccc6)C5)c4)n3)cccc12. The summed E-state index contributed by atoms with van der Waals surface area (Å²) >= 11 is 1.71. The normalized spacial score (nSPS) is 13.1. The molecule has 0 amide bonds. The molecule has 0 bridgehead atoms. The predicted octanol–water partition coefficient (Wildman–Crippen LogP) is 8.37. The third-order valence-electron chi connectivity index (χ3n) is 6.69. The fraction of sp³-hybridized carbons (Fsp3) is 0.0625. The van der Waals surface area contributed by atoms with Crippen molar-refractivity contribution in [3.8, 4) is 22.9 Å². The number of aryl methyl sites for hydroxylation is 1. The highest BCUT2D eigenvalue weighted by molar-refractivity contribution is 7.26. The number of para-hydroxylation sites is 1. The molecular formula is C32H24N4OS. The van der Waals surface area contributed by atoms with Gasteiger partial charge in [0.15, 0.2) is 0 Å². The molecule has 4 heterocycles. The van der Waals surface area contributed by atoms with E-state index < -0.39 is 0 Å². The standard InChI is InChI=1S/C32H24N4OS/c1-22-16-17-27-26-12-6-13-28(31(26)38-32(27)33-22)29-14-7-15-30(34-29)37-25-11-5-10-24(20-25)36-19-18-35(21-36)23-8-3-2-4-9-23/h2-20H,21H2,1H3. The van der Waals surface area contributed by atoms with Crippen LogP contribution in [0.1, 0.15) is 5.69 Å². The molecule has 0 saturated heterocycles. The zero-order valence-corrected chi connectivity index (χ0v) is 21.6. The molecule has 0 atom stereocenters. The summed E-state index contributed by atoms with van der Waals surface area (Å²) in [6.45, 7) is 2.77. The molecule has 0 unspecified atom stereocenters. The third kappa shape index (κ3) is 4.15. The van der Waals surface area contributed by atoms with Crippen LogP contribution in [0.25, 0.3) is 31.6 Å². The van der Waals surface area contributed by atoms with Gasteiger partial charge in [-0.3, -0.25) is 0 Å². The molecule has 1 aliphatic heterocycles. The van der Waals surface area contributed by atoms with E-state index in [1.807, 2.05) is 49.4 Å². The first kappa shape index (κ1) is 22.5. The van der Waals surface area contributed by atoms with E-state index >= 15 is 0 Å². The zero-order valence-electron chi connectivity index (χ0n) is 20.8. The highest BCUT2D eigenvalue weighted by atomic mass is 32.1. The minimum absolute atomic E-state index is 0.564. The summed E-state index contributed by atoms with van der Waals surface area (Å²) in [5, 5.41) is 2.39. The second-order valence-electron chi connectivity index (χ2n) is 9.26. The van der Waals surface area contributed by atoms with Gasteiger partial charge < -0.3 is 14.5 Å². The van der Waals surface area contributed by atoms with Crippen molar-refractivity contribution in [1.82, 2.24) is 9.97 Å². The molecule has 1 aliphatic rings. The van der Waals surface area contributed by atoms with Crippen LogP contribution in [0.2, 0.25) is 0 Å². The number of anilines is 2. The number of thiophene rings is 1. The lowest BCUT2D eigenvalue weighted by Gasteiger charge is -2.21. The number of hydrogen-bond acceptors (Lipinski definition) is 6. The van der Waals surface area contributed by atoms with Crippen LogP contribution >= 0.6 is 11.3 Å². The van der Waals surface area contributed by atoms with E-state index in [2.05, 4.69) is 82.9 Å². The smallest absolute Gasteiger partial charge is 0.219 e. The van der Waals surface area contributed by atoms with Crippen molar-refractivity contribution >= 4 is 43.0 Å². The van der Waals surface area contributed by atoms with Gasteiger partial charge in [0.25, 0.3) is 0 Å². The van der Waals surface area contributed by atoms with Gasteiger partial charge in [-0.2, -0.15) is 0 Å². The Kier molecular flexibility index (Phi) is 5.52. The van der Waals surface area contributed by atoms with Gasteiger partial charge >= 0.3 is 0 Å². The Morgan fingerprint density at radius 3 is 2.39 bits per heavy atom. The molecular weight excluding hydrogens is 488 g/mol. The van der Waals surface area contributed by atoms with Gasteiger partial charge in [-0.05, 0) is 49.4 Å². The summed E-state index contributed by atoms with van der Waals surface area (Å²) in [5.74, 6) is 1.31. The van der Waals surface area contributed by atoms with Gasteiger partial charge in [0.05, 0.1) is 12.4 Å². The van der Waals surface area contributed by atoms with Gasteiger partial charge in [0, 0.05) is 62.6 Å². The van der Waals surface area contributed by atoms with E-state index in [1.165, 1.54) is 21.2 Å². The number of ether oxygens (including phenoxy) is 1. The molecule has 0 aliphatic carbocycles. The van der Waals surface area contributed by atoms with E-state index in [9.17, 15) is 0 Å². The zero-order chi connectivity index (χ0) is 25.5. The molecule has 5 nitrogen and oxygen atoms in total. The number of hydrogen-bond donors (Lipinski definition) is 0. The summed E-state index contributed by atoms with van der Waals surface area (Å²) in [4.78, 5) is 15.1. The van der Waals surface area contributed by atoms with Gasteiger partial charge in [-0.25, -0.2) is 9.97 Å². The fourth-order valence-electron chi connectivity index (χ4n) is 4.82. The van der Waals surface area contributed by atoms with Crippen LogP contribution in [0.4, 0.5) is 11.4 Å². The van der Waals surface area contributed by atoms with E-state index in [-0.39, 0.29) is 0 Å². The minimum atomic E-state index is 0.564. The topological polar surface area (TPSA) is 41.5 Å². The summed E-state index contributed by atoms with van der Waals surface area (Å²) in [5.41, 5.74) is 5.23. The summed E-state index contributed by atoms with van der Waals surface area (Å²) < 4.78 is 7.45. The second kappa shape index (κ2) is 9.32. The third-order valence-corrected chi connectivity index (χ3v) is 7.84. The van der Waals surface area contributed by atoms with Crippen molar-refractivity contribution in [2.75, 3.05) is 16.5 Å². The van der Waals surface area contributed by atoms with E-state index in [1.54, 1.807) is 11.3 Å². The summed E-state index contributed by atoms with van der Waals surface area (Å²) in [6, 6.07) is 35.0. The van der Waals surface area contributed by atoms with Crippen molar-refractivity contribution in [3.05, 3.63) is 121 Å². The lowest BCUT2D eigenvalue weighted by molar-refractivity contribution is 0.464. The fourth-order valence-corrected chi connectivity index (χ4v) is 6.06. The number of benzene rings is 3. The van der Waals surface area contributed by atoms with Gasteiger partial charge in [-0.1, -0.05) is 48.5 Å². The average molecular weight is 513 g/mol. The molecule has 0 N–H and O–H groups in total. The quantitative estimate of drug-likeness (QED) is 0.232. The van der Waals surface area contributed by atoms with Crippen molar-refractivity contribution in [2.45, 2.75) is 6.92 Å². The Hall–Kier alpha value is -4.68. The molecule has 7 rings (SSSR count). The Labute approximate surface area is 224 Å². The molecule has 6 heteroatoms. The van der Waals surface area contributed by atoms with Crippen LogP contribution < -0.4 is 14.5 Å². The number of nitrogens with zero attached hydrogens (tertiary/aromatic N) is 4. The van der Waals surface area contributed by atoms with E-state index in [4.69, 9.17) is 14.7 Å². The molecule has 3 aromatic heterocycles. The Morgan fingerprint density at radius 1 is 0.711 bits per heavy atom. The number of fused-ring (bicyclic) bond motifs is 3. The molecule has 0 spiro atoms. The first-order valence-electron chi connectivity index (χ1n) is 12.5. The van der Waals surface area contributed by atoms with Crippen LogP contribution in [0.5, 0.6) is 11.6 Å². The Balaban J connectivity index is 1.15. The maximum absolute atomic E-state index is 6.25. The lowest BCUT2D eigenvalue weighted by atomic mass is 10.1. The highest BCUT2D eigenvalue weighted by Crippen LogP contribution is 2.39. The summed E-state index contributed by atoms with van der Waals surface area (Å²) in [7, 11) is 0. The maximum Gasteiger partial charge on any atom is 0.219 e. The molecule has 6 aromatic rings. The largest absolute Gasteiger partial charge is 0.439 e. The Morgan fingerprint density at radius 2 is 1.50 bits per heavy atom. The van der Waals surface area contributed by atoms with Crippen LogP contribution in [0.15, 0.2) is 116 Å². The molecule has 38 heavy (non-hydrogen) atoms. The van der Waals surface area contributed by atoms with Gasteiger partial charge in [0.2, 0.25) is 5.88 Å². The van der Waals surface area contributed by atoms with Crippen molar-refractivity contribution in [2.24, 2.45) is 0 Å². The predicted molar refractivity (Wildman–Crippen MR) is 157 cm³/mol. The average Bonchev–Trinajstić information content (AvgIpc) is 3.59. The molecule has 0 radical (unpaired) electrons. The van der Waals surface area contributed by atoms with Crippen LogP contribution in [0, 0.1) is 6.92 Å². The number of aromatic nitrogens is 2. The first-order valence-corrected chi connectivity index (χ1v) is 13.3. The van der Waals surface area contributed by atoms with Crippen LogP contribution in [-0.4, -0.2) is 16.6 Å². The monoisotopic (exact) mass is 512 g/mol. The van der Waals surface area contributed by atoms with Crippen molar-refractivity contribution in [1.29, 1.82) is 0 Å². The van der Waals surface area contributed by atoms with Crippen LogP contribution in [0.3, 0.4) is 0 Å². The number of rotatable bonds is 5. The Bertz CT molecular complexity index is 1810. The maximum atomic E-state index is 6.25. The van der Waals surface area contributed by atoms with E-state index in [0.717, 1.165) is 39.9 Å². The lowest BCUT2D eigenvalue weighted by Crippen LogP contribution is -2.24. The highest BCUT2D eigenvalue weighted by Gasteiger charge is 2.16. The molecule has 184 valence electrons. The first-order chi connectivity index (χ1) is 18.7. The van der Waals surface area contributed by atoms with Gasteiger partial charge in [0.1, 0.15) is 10.6 Å². The molecule has 3 aromatic carbocycles.